The molecule has 0 unspecified atom stereocenters. The SMILES string of the molecule is C=CC(=O)OCCCCOc1ccc(C(=O)Oc2ccc(C#Cc3ccc(-c4c(C)cc(C#Cc5ccc(OC(=O)c6ccc(OCCCCOC(=O)C=C)cc6)cc5)cc4C)cc3)cc2)cc1. The van der Waals surface area contributed by atoms with Crippen LogP contribution >= 0.6 is 0 Å². The minimum Gasteiger partial charge on any atom is -0.494 e. The molecule has 0 saturated carbocycles. The molecule has 10 nitrogen and oxygen atoms in total. The number of unbranched alkanes of at least 4 members (excludes halogenated alkanes) is 2. The third-order valence-corrected chi connectivity index (χ3v) is 10.2. The van der Waals surface area contributed by atoms with E-state index in [0.717, 1.165) is 56.7 Å². The Morgan fingerprint density at radius 3 is 1.16 bits per heavy atom. The van der Waals surface area contributed by atoms with Crippen molar-refractivity contribution in [2.45, 2.75) is 39.5 Å². The summed E-state index contributed by atoms with van der Waals surface area (Å²) in [6.07, 6.45) is 5.02. The van der Waals surface area contributed by atoms with Crippen LogP contribution in [0.3, 0.4) is 0 Å². The Labute approximate surface area is 397 Å². The van der Waals surface area contributed by atoms with Crippen LogP contribution in [0.15, 0.2) is 159 Å². The van der Waals surface area contributed by atoms with Crippen LogP contribution in [0.1, 0.15) is 79.8 Å². The largest absolute Gasteiger partial charge is 0.494 e. The summed E-state index contributed by atoms with van der Waals surface area (Å²) < 4.78 is 32.5. The normalized spacial score (nSPS) is 10.2. The van der Waals surface area contributed by atoms with E-state index in [1.165, 1.54) is 0 Å². The van der Waals surface area contributed by atoms with E-state index in [-0.39, 0.29) is 0 Å². The Morgan fingerprint density at radius 2 is 0.779 bits per heavy atom. The molecule has 0 aliphatic heterocycles. The van der Waals surface area contributed by atoms with Crippen molar-refractivity contribution in [3.8, 4) is 57.8 Å². The zero-order chi connectivity index (χ0) is 48.1. The lowest BCUT2D eigenvalue weighted by Gasteiger charge is -2.11. The van der Waals surface area contributed by atoms with Crippen LogP contribution in [0.25, 0.3) is 11.1 Å². The summed E-state index contributed by atoms with van der Waals surface area (Å²) in [5.74, 6) is 13.1. The minimum absolute atomic E-state index is 0.308. The van der Waals surface area contributed by atoms with Crippen LogP contribution in [0, 0.1) is 37.5 Å². The van der Waals surface area contributed by atoms with E-state index in [4.69, 9.17) is 28.4 Å². The highest BCUT2D eigenvalue weighted by atomic mass is 16.5. The van der Waals surface area contributed by atoms with Gasteiger partial charge in [0.05, 0.1) is 37.6 Å². The summed E-state index contributed by atoms with van der Waals surface area (Å²) in [5.41, 5.74) is 8.49. The molecule has 0 aliphatic carbocycles. The molecule has 68 heavy (non-hydrogen) atoms. The number of benzene rings is 6. The number of hydrogen-bond acceptors (Lipinski definition) is 10. The number of aryl methyl sites for hydroxylation is 2. The van der Waals surface area contributed by atoms with Crippen LogP contribution in [0.4, 0.5) is 0 Å². The van der Waals surface area contributed by atoms with Gasteiger partial charge in [0.15, 0.2) is 0 Å². The van der Waals surface area contributed by atoms with Gasteiger partial charge in [-0.2, -0.15) is 0 Å². The first kappa shape index (κ1) is 48.8. The molecule has 0 amide bonds. The van der Waals surface area contributed by atoms with Gasteiger partial charge in [-0.15, -0.1) is 0 Å². The molecule has 6 aromatic rings. The van der Waals surface area contributed by atoms with Crippen LogP contribution in [-0.4, -0.2) is 50.3 Å². The van der Waals surface area contributed by atoms with Crippen LogP contribution in [-0.2, 0) is 19.1 Å². The highest BCUT2D eigenvalue weighted by Gasteiger charge is 2.12. The van der Waals surface area contributed by atoms with Gasteiger partial charge in [0, 0.05) is 34.4 Å². The van der Waals surface area contributed by atoms with E-state index < -0.39 is 23.9 Å². The second-order valence-electron chi connectivity index (χ2n) is 15.3. The fourth-order valence-corrected chi connectivity index (χ4v) is 6.67. The first-order chi connectivity index (χ1) is 33.1. The second-order valence-corrected chi connectivity index (χ2v) is 15.3. The van der Waals surface area contributed by atoms with Gasteiger partial charge in [-0.05, 0) is 183 Å². The maximum Gasteiger partial charge on any atom is 0.343 e. The van der Waals surface area contributed by atoms with Crippen molar-refractivity contribution in [1.29, 1.82) is 0 Å². The zero-order valence-corrected chi connectivity index (χ0v) is 38.0. The molecule has 0 bridgehead atoms. The summed E-state index contributed by atoms with van der Waals surface area (Å²) in [6.45, 7) is 12.4. The molecule has 0 saturated heterocycles. The Kier molecular flexibility index (Phi) is 18.1. The van der Waals surface area contributed by atoms with Crippen molar-refractivity contribution in [2.24, 2.45) is 0 Å². The highest BCUT2D eigenvalue weighted by Crippen LogP contribution is 2.29. The van der Waals surface area contributed by atoms with Gasteiger partial charge >= 0.3 is 23.9 Å². The van der Waals surface area contributed by atoms with Gasteiger partial charge in [-0.25, -0.2) is 19.2 Å². The third-order valence-electron chi connectivity index (χ3n) is 10.2. The van der Waals surface area contributed by atoms with Crippen molar-refractivity contribution in [2.75, 3.05) is 26.4 Å². The highest BCUT2D eigenvalue weighted by molar-refractivity contribution is 5.92. The molecule has 0 heterocycles. The quantitative estimate of drug-likeness (QED) is 0.0255. The second kappa shape index (κ2) is 25.2. The molecule has 0 radical (unpaired) electrons. The molecule has 0 aliphatic rings. The molecule has 0 spiro atoms. The number of carbonyl (C=O) groups is 4. The topological polar surface area (TPSA) is 124 Å². The van der Waals surface area contributed by atoms with Gasteiger partial charge in [0.1, 0.15) is 23.0 Å². The average molecular weight is 907 g/mol. The van der Waals surface area contributed by atoms with E-state index >= 15 is 0 Å². The lowest BCUT2D eigenvalue weighted by molar-refractivity contribution is -0.138. The lowest BCUT2D eigenvalue weighted by atomic mass is 9.93. The van der Waals surface area contributed by atoms with Crippen molar-refractivity contribution in [3.05, 3.63) is 203 Å². The maximum atomic E-state index is 12.8. The van der Waals surface area contributed by atoms with Gasteiger partial charge in [0.2, 0.25) is 0 Å². The van der Waals surface area contributed by atoms with Gasteiger partial charge < -0.3 is 28.4 Å². The molecular formula is C58H50O10. The minimum atomic E-state index is -0.485. The number of esters is 4. The molecule has 6 aromatic carbocycles. The molecular weight excluding hydrogens is 857 g/mol. The summed E-state index contributed by atoms with van der Waals surface area (Å²) in [6, 6.07) is 39.8. The van der Waals surface area contributed by atoms with Gasteiger partial charge in [-0.3, -0.25) is 0 Å². The first-order valence-electron chi connectivity index (χ1n) is 22.0. The zero-order valence-electron chi connectivity index (χ0n) is 38.0. The fourth-order valence-electron chi connectivity index (χ4n) is 6.67. The predicted octanol–water partition coefficient (Wildman–Crippen LogP) is 11.0. The average Bonchev–Trinajstić information content (AvgIpc) is 3.36. The number of carbonyl (C=O) groups excluding carboxylic acids is 4. The van der Waals surface area contributed by atoms with Crippen molar-refractivity contribution >= 4 is 23.9 Å². The van der Waals surface area contributed by atoms with Crippen molar-refractivity contribution in [3.63, 3.8) is 0 Å². The Hall–Kier alpha value is -8.60. The van der Waals surface area contributed by atoms with Crippen molar-refractivity contribution < 1.29 is 47.6 Å². The third kappa shape index (κ3) is 15.3. The molecule has 0 N–H and O–H groups in total. The van der Waals surface area contributed by atoms with E-state index in [1.807, 2.05) is 36.4 Å². The molecule has 6 rings (SSSR count). The first-order valence-corrected chi connectivity index (χ1v) is 22.0. The van der Waals surface area contributed by atoms with E-state index in [1.54, 1.807) is 72.8 Å². The summed E-state index contributed by atoms with van der Waals surface area (Å²) in [4.78, 5) is 47.7. The Bertz CT molecular complexity index is 2810. The van der Waals surface area contributed by atoms with E-state index in [9.17, 15) is 19.2 Å². The predicted molar refractivity (Wildman–Crippen MR) is 261 cm³/mol. The van der Waals surface area contributed by atoms with Crippen LogP contribution in [0.2, 0.25) is 0 Å². The summed E-state index contributed by atoms with van der Waals surface area (Å²) >= 11 is 0. The smallest absolute Gasteiger partial charge is 0.343 e. The standard InChI is InChI=1S/C58H50O10/c1-5-54(59)65-37-9-7-35-63-50-31-23-48(24-32-50)57(61)67-52-27-17-44(18-28-52)12-11-43-15-21-47(22-16-43)56-41(3)39-46(40-42(56)4)14-13-45-19-29-53(30-20-45)68-58(62)49-25-33-51(34-26-49)64-36-8-10-38-66-55(60)6-2/h5-6,15-34,39-40H,1-2,7-10,35-38H2,3-4H3. The monoisotopic (exact) mass is 906 g/mol. The fraction of sp³-hybridized carbons (Fsp3) is 0.172. The van der Waals surface area contributed by atoms with E-state index in [2.05, 4.69) is 75.0 Å². The Morgan fingerprint density at radius 1 is 0.441 bits per heavy atom. The van der Waals surface area contributed by atoms with Crippen LogP contribution in [0.5, 0.6) is 23.0 Å². The number of rotatable bonds is 19. The summed E-state index contributed by atoms with van der Waals surface area (Å²) in [7, 11) is 0. The van der Waals surface area contributed by atoms with Gasteiger partial charge in [-0.1, -0.05) is 49.0 Å². The summed E-state index contributed by atoms with van der Waals surface area (Å²) in [5, 5.41) is 0. The Balaban J connectivity index is 0.949. The van der Waals surface area contributed by atoms with Crippen molar-refractivity contribution in [1.82, 2.24) is 0 Å². The number of hydrogen-bond donors (Lipinski definition) is 0. The number of ether oxygens (including phenoxy) is 6. The lowest BCUT2D eigenvalue weighted by Crippen LogP contribution is -2.08. The molecule has 342 valence electrons. The molecule has 10 heteroatoms. The molecule has 0 aromatic heterocycles. The maximum absolute atomic E-state index is 12.8. The van der Waals surface area contributed by atoms with E-state index in [0.29, 0.717) is 86.2 Å². The van der Waals surface area contributed by atoms with Crippen LogP contribution < -0.4 is 18.9 Å². The molecule has 0 fully saturated rings. The molecule has 0 atom stereocenters. The van der Waals surface area contributed by atoms with Gasteiger partial charge in [0.25, 0.3) is 0 Å².